The zero-order valence-corrected chi connectivity index (χ0v) is 12.1. The molecular weight excluding hydrogens is 242 g/mol. The summed E-state index contributed by atoms with van der Waals surface area (Å²) < 4.78 is 0. The minimum atomic E-state index is 0.418. The first-order valence-corrected chi connectivity index (χ1v) is 7.07. The van der Waals surface area contributed by atoms with Crippen LogP contribution in [0.15, 0.2) is 18.5 Å². The monoisotopic (exact) mass is 265 g/mol. The SMILES string of the molecule is CCCCC(CC)CNc1cnccc1C(N)=S. The summed E-state index contributed by atoms with van der Waals surface area (Å²) in [5, 5.41) is 3.42. The number of pyridine rings is 1. The van der Waals surface area contributed by atoms with Crippen molar-refractivity contribution in [2.45, 2.75) is 39.5 Å². The second-order valence-corrected chi connectivity index (χ2v) is 5.02. The molecule has 0 saturated carbocycles. The standard InChI is InChI=1S/C14H23N3S/c1-3-5-6-11(4-2)9-17-13-10-16-8-7-12(13)14(15)18/h7-8,10-11,17H,3-6,9H2,1-2H3,(H2,15,18). The Hall–Kier alpha value is -1.16. The van der Waals surface area contributed by atoms with Crippen LogP contribution in [0.25, 0.3) is 0 Å². The highest BCUT2D eigenvalue weighted by Crippen LogP contribution is 2.17. The quantitative estimate of drug-likeness (QED) is 0.708. The lowest BCUT2D eigenvalue weighted by atomic mass is 9.99. The first-order chi connectivity index (χ1) is 8.69. The third-order valence-electron chi connectivity index (χ3n) is 3.21. The minimum Gasteiger partial charge on any atom is -0.389 e. The lowest BCUT2D eigenvalue weighted by Gasteiger charge is -2.17. The number of nitrogens with zero attached hydrogens (tertiary/aromatic N) is 1. The van der Waals surface area contributed by atoms with E-state index in [-0.39, 0.29) is 0 Å². The third kappa shape index (κ3) is 4.61. The maximum absolute atomic E-state index is 5.70. The Morgan fingerprint density at radius 2 is 2.28 bits per heavy atom. The molecule has 1 heterocycles. The molecule has 0 saturated heterocycles. The van der Waals surface area contributed by atoms with Gasteiger partial charge in [0.25, 0.3) is 0 Å². The average Bonchev–Trinajstić information content (AvgIpc) is 2.39. The zero-order chi connectivity index (χ0) is 13.4. The fourth-order valence-corrected chi connectivity index (χ4v) is 2.13. The number of unbranched alkanes of at least 4 members (excludes halogenated alkanes) is 1. The lowest BCUT2D eigenvalue weighted by molar-refractivity contribution is 0.473. The van der Waals surface area contributed by atoms with Gasteiger partial charge in [0.1, 0.15) is 4.99 Å². The van der Waals surface area contributed by atoms with Gasteiger partial charge in [0.2, 0.25) is 0 Å². The molecule has 0 fully saturated rings. The molecule has 100 valence electrons. The van der Waals surface area contributed by atoms with E-state index in [4.69, 9.17) is 18.0 Å². The van der Waals surface area contributed by atoms with E-state index >= 15 is 0 Å². The number of aromatic nitrogens is 1. The van der Waals surface area contributed by atoms with Gasteiger partial charge in [-0.05, 0) is 18.4 Å². The summed E-state index contributed by atoms with van der Waals surface area (Å²) in [6.07, 6.45) is 8.50. The fourth-order valence-electron chi connectivity index (χ4n) is 1.95. The van der Waals surface area contributed by atoms with E-state index in [0.717, 1.165) is 17.8 Å². The van der Waals surface area contributed by atoms with E-state index in [2.05, 4.69) is 24.1 Å². The van der Waals surface area contributed by atoms with Crippen LogP contribution in [0.2, 0.25) is 0 Å². The fraction of sp³-hybridized carbons (Fsp3) is 0.571. The zero-order valence-electron chi connectivity index (χ0n) is 11.3. The van der Waals surface area contributed by atoms with Crippen molar-refractivity contribution in [1.82, 2.24) is 4.98 Å². The van der Waals surface area contributed by atoms with Gasteiger partial charge in [-0.25, -0.2) is 0 Å². The van der Waals surface area contributed by atoms with Crippen molar-refractivity contribution < 1.29 is 0 Å². The number of hydrogen-bond acceptors (Lipinski definition) is 3. The molecule has 0 aromatic carbocycles. The van der Waals surface area contributed by atoms with Crippen LogP contribution in [0, 0.1) is 5.92 Å². The summed E-state index contributed by atoms with van der Waals surface area (Å²) in [5.41, 5.74) is 7.52. The van der Waals surface area contributed by atoms with Gasteiger partial charge in [-0.15, -0.1) is 0 Å². The normalized spacial score (nSPS) is 12.1. The smallest absolute Gasteiger partial charge is 0.106 e. The van der Waals surface area contributed by atoms with Gasteiger partial charge in [0.05, 0.1) is 11.9 Å². The summed E-state index contributed by atoms with van der Waals surface area (Å²) in [4.78, 5) is 4.53. The average molecular weight is 265 g/mol. The molecular formula is C14H23N3S. The molecule has 0 aliphatic heterocycles. The van der Waals surface area contributed by atoms with E-state index in [9.17, 15) is 0 Å². The Morgan fingerprint density at radius 3 is 2.89 bits per heavy atom. The molecule has 0 aliphatic rings. The van der Waals surface area contributed by atoms with Crippen molar-refractivity contribution in [3.8, 4) is 0 Å². The highest BCUT2D eigenvalue weighted by Gasteiger charge is 2.08. The Bertz CT molecular complexity index is 379. The predicted molar refractivity (Wildman–Crippen MR) is 81.9 cm³/mol. The summed E-state index contributed by atoms with van der Waals surface area (Å²) in [6.45, 7) is 5.42. The van der Waals surface area contributed by atoms with E-state index in [1.807, 2.05) is 6.07 Å². The summed E-state index contributed by atoms with van der Waals surface area (Å²) >= 11 is 5.04. The van der Waals surface area contributed by atoms with E-state index in [0.29, 0.717) is 10.9 Å². The van der Waals surface area contributed by atoms with Crippen molar-refractivity contribution >= 4 is 22.9 Å². The number of nitrogens with two attached hydrogens (primary N) is 1. The molecule has 0 amide bonds. The van der Waals surface area contributed by atoms with Gasteiger partial charge in [-0.1, -0.05) is 45.3 Å². The molecule has 1 aromatic heterocycles. The van der Waals surface area contributed by atoms with Gasteiger partial charge in [0.15, 0.2) is 0 Å². The van der Waals surface area contributed by atoms with Crippen LogP contribution in [0.4, 0.5) is 5.69 Å². The Labute approximate surface area is 115 Å². The minimum absolute atomic E-state index is 0.418. The largest absolute Gasteiger partial charge is 0.389 e. The number of anilines is 1. The number of rotatable bonds is 8. The molecule has 0 aliphatic carbocycles. The van der Waals surface area contributed by atoms with Crippen LogP contribution >= 0.6 is 12.2 Å². The second kappa shape index (κ2) is 8.03. The van der Waals surface area contributed by atoms with Crippen LogP contribution in [0.1, 0.15) is 45.1 Å². The Balaban J connectivity index is 2.59. The molecule has 0 bridgehead atoms. The first-order valence-electron chi connectivity index (χ1n) is 6.66. The highest BCUT2D eigenvalue weighted by molar-refractivity contribution is 7.80. The summed E-state index contributed by atoms with van der Waals surface area (Å²) in [6, 6.07) is 1.86. The van der Waals surface area contributed by atoms with Crippen LogP contribution < -0.4 is 11.1 Å². The van der Waals surface area contributed by atoms with Gasteiger partial charge >= 0.3 is 0 Å². The number of hydrogen-bond donors (Lipinski definition) is 2. The lowest BCUT2D eigenvalue weighted by Crippen LogP contribution is -2.18. The van der Waals surface area contributed by atoms with E-state index in [1.165, 1.54) is 25.7 Å². The van der Waals surface area contributed by atoms with Crippen molar-refractivity contribution in [1.29, 1.82) is 0 Å². The maximum Gasteiger partial charge on any atom is 0.106 e. The number of nitrogens with one attached hydrogen (secondary N) is 1. The van der Waals surface area contributed by atoms with Crippen molar-refractivity contribution in [3.63, 3.8) is 0 Å². The van der Waals surface area contributed by atoms with Crippen molar-refractivity contribution in [2.24, 2.45) is 11.7 Å². The molecule has 1 atom stereocenters. The van der Waals surface area contributed by atoms with Crippen molar-refractivity contribution in [2.75, 3.05) is 11.9 Å². The molecule has 1 rings (SSSR count). The van der Waals surface area contributed by atoms with Crippen LogP contribution in [-0.4, -0.2) is 16.5 Å². The maximum atomic E-state index is 5.70. The first kappa shape index (κ1) is 14.9. The molecule has 1 unspecified atom stereocenters. The van der Waals surface area contributed by atoms with Crippen LogP contribution in [-0.2, 0) is 0 Å². The molecule has 3 nitrogen and oxygen atoms in total. The molecule has 0 radical (unpaired) electrons. The van der Waals surface area contributed by atoms with Gasteiger partial charge in [-0.3, -0.25) is 4.98 Å². The van der Waals surface area contributed by atoms with Gasteiger partial charge in [-0.2, -0.15) is 0 Å². The third-order valence-corrected chi connectivity index (χ3v) is 3.43. The summed E-state index contributed by atoms with van der Waals surface area (Å²) in [7, 11) is 0. The molecule has 18 heavy (non-hydrogen) atoms. The van der Waals surface area contributed by atoms with Gasteiger partial charge < -0.3 is 11.1 Å². The highest BCUT2D eigenvalue weighted by atomic mass is 32.1. The Kier molecular flexibility index (Phi) is 6.65. The predicted octanol–water partition coefficient (Wildman–Crippen LogP) is 3.34. The number of thiocarbonyl (C=S) groups is 1. The topological polar surface area (TPSA) is 50.9 Å². The molecule has 0 spiro atoms. The second-order valence-electron chi connectivity index (χ2n) is 4.58. The molecule has 1 aromatic rings. The van der Waals surface area contributed by atoms with E-state index in [1.54, 1.807) is 12.4 Å². The summed E-state index contributed by atoms with van der Waals surface area (Å²) in [5.74, 6) is 0.698. The van der Waals surface area contributed by atoms with Gasteiger partial charge in [0, 0.05) is 18.3 Å². The van der Waals surface area contributed by atoms with Crippen molar-refractivity contribution in [3.05, 3.63) is 24.0 Å². The Morgan fingerprint density at radius 1 is 1.50 bits per heavy atom. The van der Waals surface area contributed by atoms with Crippen LogP contribution in [0.3, 0.4) is 0 Å². The molecule has 3 N–H and O–H groups in total. The van der Waals surface area contributed by atoms with Crippen LogP contribution in [0.5, 0.6) is 0 Å². The van der Waals surface area contributed by atoms with E-state index < -0.39 is 0 Å². The molecule has 4 heteroatoms.